The highest BCUT2D eigenvalue weighted by atomic mass is 32.2. The molecule has 24 heavy (non-hydrogen) atoms. The molecule has 0 bridgehead atoms. The Morgan fingerprint density at radius 3 is 2.46 bits per heavy atom. The SMILES string of the molecule is CC(C)(C)OC(=O)NC1CCN(S(=O)(=O)c2cccc(F)c2)CC1. The summed E-state index contributed by atoms with van der Waals surface area (Å²) in [4.78, 5) is 11.7. The Morgan fingerprint density at radius 2 is 1.92 bits per heavy atom. The summed E-state index contributed by atoms with van der Waals surface area (Å²) in [5.74, 6) is -0.586. The molecule has 1 heterocycles. The fraction of sp³-hybridized carbons (Fsp3) is 0.562. The molecule has 0 aromatic heterocycles. The summed E-state index contributed by atoms with van der Waals surface area (Å²) < 4.78 is 44.8. The van der Waals surface area contributed by atoms with Crippen molar-refractivity contribution in [2.75, 3.05) is 13.1 Å². The summed E-state index contributed by atoms with van der Waals surface area (Å²) in [6.45, 7) is 5.86. The van der Waals surface area contributed by atoms with Crippen LogP contribution in [-0.4, -0.2) is 43.5 Å². The van der Waals surface area contributed by atoms with Gasteiger partial charge in [0.15, 0.2) is 0 Å². The number of nitrogens with zero attached hydrogens (tertiary/aromatic N) is 1. The first-order chi connectivity index (χ1) is 11.1. The minimum absolute atomic E-state index is 0.0546. The van der Waals surface area contributed by atoms with E-state index in [0.29, 0.717) is 12.8 Å². The molecule has 6 nitrogen and oxygen atoms in total. The fourth-order valence-corrected chi connectivity index (χ4v) is 3.99. The number of carbonyl (C=O) groups is 1. The van der Waals surface area contributed by atoms with Crippen LogP contribution >= 0.6 is 0 Å². The minimum Gasteiger partial charge on any atom is -0.444 e. The smallest absolute Gasteiger partial charge is 0.407 e. The van der Waals surface area contributed by atoms with Crippen molar-refractivity contribution in [3.05, 3.63) is 30.1 Å². The van der Waals surface area contributed by atoms with Crippen LogP contribution in [0.15, 0.2) is 29.2 Å². The van der Waals surface area contributed by atoms with Crippen molar-refractivity contribution >= 4 is 16.1 Å². The maximum absolute atomic E-state index is 13.3. The number of amides is 1. The topological polar surface area (TPSA) is 75.7 Å². The molecule has 0 spiro atoms. The Balaban J connectivity index is 1.94. The normalized spacial score (nSPS) is 17.5. The maximum atomic E-state index is 13.3. The molecule has 0 aliphatic carbocycles. The van der Waals surface area contributed by atoms with E-state index in [9.17, 15) is 17.6 Å². The third-order valence-electron chi connectivity index (χ3n) is 3.61. The van der Waals surface area contributed by atoms with E-state index in [1.807, 2.05) is 0 Å². The Hall–Kier alpha value is -1.67. The molecule has 0 unspecified atom stereocenters. The first kappa shape index (κ1) is 18.7. The molecule has 1 aliphatic rings. The largest absolute Gasteiger partial charge is 0.444 e. The molecule has 1 aromatic rings. The van der Waals surface area contributed by atoms with Crippen LogP contribution in [0.5, 0.6) is 0 Å². The molecule has 1 fully saturated rings. The zero-order valence-corrected chi connectivity index (χ0v) is 14.9. The molecule has 1 saturated heterocycles. The quantitative estimate of drug-likeness (QED) is 0.901. The van der Waals surface area contributed by atoms with Gasteiger partial charge in [0.2, 0.25) is 10.0 Å². The van der Waals surface area contributed by atoms with E-state index >= 15 is 0 Å². The number of piperidine rings is 1. The zero-order chi connectivity index (χ0) is 18.0. The Bertz CT molecular complexity index is 692. The van der Waals surface area contributed by atoms with E-state index in [0.717, 1.165) is 6.07 Å². The molecule has 0 saturated carbocycles. The molecule has 1 amide bonds. The molecule has 1 N–H and O–H groups in total. The first-order valence-corrected chi connectivity index (χ1v) is 9.27. The number of hydrogen-bond donors (Lipinski definition) is 1. The van der Waals surface area contributed by atoms with Gasteiger partial charge in [-0.15, -0.1) is 0 Å². The molecule has 0 atom stereocenters. The zero-order valence-electron chi connectivity index (χ0n) is 14.1. The van der Waals surface area contributed by atoms with E-state index in [1.54, 1.807) is 20.8 Å². The monoisotopic (exact) mass is 358 g/mol. The van der Waals surface area contributed by atoms with E-state index in [1.165, 1.54) is 22.5 Å². The van der Waals surface area contributed by atoms with E-state index in [2.05, 4.69) is 5.32 Å². The van der Waals surface area contributed by atoms with Gasteiger partial charge in [0.1, 0.15) is 11.4 Å². The van der Waals surface area contributed by atoms with Gasteiger partial charge in [-0.3, -0.25) is 0 Å². The van der Waals surface area contributed by atoms with Crippen molar-refractivity contribution in [1.29, 1.82) is 0 Å². The number of ether oxygens (including phenoxy) is 1. The summed E-state index contributed by atoms with van der Waals surface area (Å²) in [7, 11) is -3.72. The number of nitrogens with one attached hydrogen (secondary N) is 1. The molecular formula is C16H23FN2O4S. The number of carbonyl (C=O) groups excluding carboxylic acids is 1. The van der Waals surface area contributed by atoms with Gasteiger partial charge in [-0.2, -0.15) is 4.31 Å². The van der Waals surface area contributed by atoms with Crippen LogP contribution in [0.3, 0.4) is 0 Å². The average Bonchev–Trinajstić information content (AvgIpc) is 2.45. The Morgan fingerprint density at radius 1 is 1.29 bits per heavy atom. The molecule has 1 aliphatic heterocycles. The minimum atomic E-state index is -3.72. The summed E-state index contributed by atoms with van der Waals surface area (Å²) in [5, 5.41) is 2.75. The molecule has 134 valence electrons. The van der Waals surface area contributed by atoms with Gasteiger partial charge in [-0.1, -0.05) is 6.07 Å². The van der Waals surface area contributed by atoms with E-state index < -0.39 is 27.5 Å². The maximum Gasteiger partial charge on any atom is 0.407 e. The van der Waals surface area contributed by atoms with Crippen LogP contribution in [0.1, 0.15) is 33.6 Å². The van der Waals surface area contributed by atoms with Crippen LogP contribution in [0, 0.1) is 5.82 Å². The summed E-state index contributed by atoms with van der Waals surface area (Å²) >= 11 is 0. The van der Waals surface area contributed by atoms with Crippen molar-refractivity contribution in [1.82, 2.24) is 9.62 Å². The summed E-state index contributed by atoms with van der Waals surface area (Å²) in [6.07, 6.45) is 0.454. The molecule has 2 rings (SSSR count). The predicted octanol–water partition coefficient (Wildman–Crippen LogP) is 2.50. The number of rotatable bonds is 3. The highest BCUT2D eigenvalue weighted by Crippen LogP contribution is 2.21. The van der Waals surface area contributed by atoms with E-state index in [-0.39, 0.29) is 24.0 Å². The van der Waals surface area contributed by atoms with Gasteiger partial charge in [0.25, 0.3) is 0 Å². The van der Waals surface area contributed by atoms with Crippen LogP contribution in [-0.2, 0) is 14.8 Å². The van der Waals surface area contributed by atoms with Crippen molar-refractivity contribution in [2.45, 2.75) is 50.2 Å². The van der Waals surface area contributed by atoms with Crippen LogP contribution in [0.4, 0.5) is 9.18 Å². The van der Waals surface area contributed by atoms with Gasteiger partial charge in [-0.25, -0.2) is 17.6 Å². The van der Waals surface area contributed by atoms with Gasteiger partial charge in [0.05, 0.1) is 4.90 Å². The lowest BCUT2D eigenvalue weighted by molar-refractivity contribution is 0.0489. The van der Waals surface area contributed by atoms with Gasteiger partial charge in [-0.05, 0) is 51.8 Å². The third kappa shape index (κ3) is 4.91. The number of benzene rings is 1. The van der Waals surface area contributed by atoms with Crippen LogP contribution in [0.25, 0.3) is 0 Å². The van der Waals surface area contributed by atoms with Crippen LogP contribution < -0.4 is 5.32 Å². The number of halogens is 1. The molecule has 1 aromatic carbocycles. The van der Waals surface area contributed by atoms with Gasteiger partial charge >= 0.3 is 6.09 Å². The van der Waals surface area contributed by atoms with Crippen molar-refractivity contribution in [3.63, 3.8) is 0 Å². The predicted molar refractivity (Wildman–Crippen MR) is 87.6 cm³/mol. The van der Waals surface area contributed by atoms with E-state index in [4.69, 9.17) is 4.74 Å². The average molecular weight is 358 g/mol. The number of alkyl carbamates (subject to hydrolysis) is 1. The lowest BCUT2D eigenvalue weighted by Gasteiger charge is -2.32. The second kappa shape index (κ2) is 7.06. The highest BCUT2D eigenvalue weighted by molar-refractivity contribution is 7.89. The Labute approximate surface area is 142 Å². The lowest BCUT2D eigenvalue weighted by Crippen LogP contribution is -2.47. The number of sulfonamides is 1. The number of hydrogen-bond acceptors (Lipinski definition) is 4. The molecule has 8 heteroatoms. The van der Waals surface area contributed by atoms with Crippen molar-refractivity contribution in [2.24, 2.45) is 0 Å². The van der Waals surface area contributed by atoms with Gasteiger partial charge in [0, 0.05) is 19.1 Å². The second-order valence-electron chi connectivity index (χ2n) is 6.78. The third-order valence-corrected chi connectivity index (χ3v) is 5.50. The second-order valence-corrected chi connectivity index (χ2v) is 8.72. The lowest BCUT2D eigenvalue weighted by atomic mass is 10.1. The highest BCUT2D eigenvalue weighted by Gasteiger charge is 2.30. The first-order valence-electron chi connectivity index (χ1n) is 7.83. The molecular weight excluding hydrogens is 335 g/mol. The fourth-order valence-electron chi connectivity index (χ4n) is 2.49. The summed E-state index contributed by atoms with van der Waals surface area (Å²) in [5.41, 5.74) is -0.578. The molecule has 0 radical (unpaired) electrons. The standard InChI is InChI=1S/C16H23FN2O4S/c1-16(2,3)23-15(20)18-13-7-9-19(10-8-13)24(21,22)14-6-4-5-12(17)11-14/h4-6,11,13H,7-10H2,1-3H3,(H,18,20). The van der Waals surface area contributed by atoms with Crippen molar-refractivity contribution < 1.29 is 22.3 Å². The van der Waals surface area contributed by atoms with Crippen molar-refractivity contribution in [3.8, 4) is 0 Å². The van der Waals surface area contributed by atoms with Gasteiger partial charge < -0.3 is 10.1 Å². The Kier molecular flexibility index (Phi) is 5.49. The summed E-state index contributed by atoms with van der Waals surface area (Å²) in [6, 6.07) is 4.83. The van der Waals surface area contributed by atoms with Crippen LogP contribution in [0.2, 0.25) is 0 Å².